The lowest BCUT2D eigenvalue weighted by Crippen LogP contribution is -2.24. The van der Waals surface area contributed by atoms with Gasteiger partial charge in [-0.25, -0.2) is 22.0 Å². The van der Waals surface area contributed by atoms with E-state index in [1.54, 1.807) is 7.05 Å². The number of benzene rings is 1. The summed E-state index contributed by atoms with van der Waals surface area (Å²) in [5.41, 5.74) is 0.290. The van der Waals surface area contributed by atoms with Crippen LogP contribution in [0.5, 0.6) is 0 Å². The van der Waals surface area contributed by atoms with Crippen molar-refractivity contribution in [1.29, 1.82) is 0 Å². The zero-order chi connectivity index (χ0) is 13.8. The maximum atomic E-state index is 11.5. The van der Waals surface area contributed by atoms with Crippen LogP contribution in [-0.2, 0) is 20.0 Å². The number of primary sulfonamides is 1. The Morgan fingerprint density at radius 2 is 1.67 bits per heavy atom. The summed E-state index contributed by atoms with van der Waals surface area (Å²) < 4.78 is 47.4. The Morgan fingerprint density at radius 1 is 1.11 bits per heavy atom. The summed E-state index contributed by atoms with van der Waals surface area (Å²) in [6, 6.07) is 5.17. The van der Waals surface area contributed by atoms with Gasteiger partial charge in [-0.05, 0) is 31.3 Å². The Bertz CT molecular complexity index is 593. The van der Waals surface area contributed by atoms with E-state index in [4.69, 9.17) is 5.14 Å². The van der Waals surface area contributed by atoms with Crippen molar-refractivity contribution in [1.82, 2.24) is 5.32 Å². The van der Waals surface area contributed by atoms with E-state index < -0.39 is 20.0 Å². The fourth-order valence-electron chi connectivity index (χ4n) is 1.18. The molecule has 0 atom stereocenters. The van der Waals surface area contributed by atoms with Crippen molar-refractivity contribution in [2.24, 2.45) is 5.14 Å². The van der Waals surface area contributed by atoms with Gasteiger partial charge in [0, 0.05) is 12.2 Å². The van der Waals surface area contributed by atoms with Crippen molar-refractivity contribution >= 4 is 25.7 Å². The van der Waals surface area contributed by atoms with Crippen LogP contribution in [0.1, 0.15) is 0 Å². The maximum Gasteiger partial charge on any atom is 0.238 e. The lowest BCUT2D eigenvalue weighted by molar-refractivity contribution is 0.597. The van der Waals surface area contributed by atoms with Gasteiger partial charge < -0.3 is 5.32 Å². The summed E-state index contributed by atoms with van der Waals surface area (Å²) in [5, 5.41) is 7.65. The molecule has 0 radical (unpaired) electrons. The molecule has 0 heterocycles. The highest BCUT2D eigenvalue weighted by Crippen LogP contribution is 2.13. The fourth-order valence-corrected chi connectivity index (χ4v) is 2.77. The zero-order valence-corrected chi connectivity index (χ0v) is 11.4. The van der Waals surface area contributed by atoms with Gasteiger partial charge in [-0.2, -0.15) is 0 Å². The lowest BCUT2D eigenvalue weighted by atomic mass is 10.3. The molecule has 102 valence electrons. The highest BCUT2D eigenvalue weighted by atomic mass is 32.2. The largest absolute Gasteiger partial charge is 0.319 e. The van der Waals surface area contributed by atoms with Gasteiger partial charge in [-0.3, -0.25) is 4.72 Å². The third kappa shape index (κ3) is 4.61. The van der Waals surface area contributed by atoms with Crippen LogP contribution in [0, 0.1) is 0 Å². The molecule has 0 saturated carbocycles. The van der Waals surface area contributed by atoms with Crippen molar-refractivity contribution < 1.29 is 16.8 Å². The molecule has 0 aliphatic carbocycles. The number of sulfonamides is 2. The van der Waals surface area contributed by atoms with E-state index in [2.05, 4.69) is 10.0 Å². The molecule has 0 aliphatic rings. The Hall–Kier alpha value is -1.16. The molecule has 18 heavy (non-hydrogen) atoms. The fraction of sp³-hybridized carbons (Fsp3) is 0.333. The van der Waals surface area contributed by atoms with Gasteiger partial charge >= 0.3 is 0 Å². The monoisotopic (exact) mass is 293 g/mol. The summed E-state index contributed by atoms with van der Waals surface area (Å²) in [6.07, 6.45) is 0. The highest BCUT2D eigenvalue weighted by Gasteiger charge is 2.11. The van der Waals surface area contributed by atoms with Gasteiger partial charge in [0.1, 0.15) is 0 Å². The summed E-state index contributed by atoms with van der Waals surface area (Å²) in [5.74, 6) is -0.0690. The Balaban J connectivity index is 2.82. The van der Waals surface area contributed by atoms with Crippen LogP contribution in [0.2, 0.25) is 0 Å². The topological polar surface area (TPSA) is 118 Å². The zero-order valence-electron chi connectivity index (χ0n) is 9.75. The second-order valence-electron chi connectivity index (χ2n) is 3.59. The molecule has 1 aromatic rings. The standard InChI is InChI=1S/C9H15N3O4S2/c1-11-6-7-17(13,14)12-8-2-4-9(5-3-8)18(10,15)16/h2-5,11-12H,6-7H2,1H3,(H2,10,15,16). The molecule has 9 heteroatoms. The van der Waals surface area contributed by atoms with Gasteiger partial charge in [0.25, 0.3) is 0 Å². The van der Waals surface area contributed by atoms with Crippen LogP contribution >= 0.6 is 0 Å². The first-order chi connectivity index (χ1) is 8.24. The van der Waals surface area contributed by atoms with Crippen molar-refractivity contribution in [3.8, 4) is 0 Å². The summed E-state index contributed by atoms with van der Waals surface area (Å²) in [7, 11) is -5.55. The van der Waals surface area contributed by atoms with Gasteiger partial charge in [0.15, 0.2) is 0 Å². The predicted octanol–water partition coefficient (Wildman–Crippen LogP) is -0.705. The normalized spacial score (nSPS) is 12.3. The van der Waals surface area contributed by atoms with Gasteiger partial charge in [0.05, 0.1) is 10.6 Å². The van der Waals surface area contributed by atoms with Crippen LogP contribution in [0.25, 0.3) is 0 Å². The molecule has 4 N–H and O–H groups in total. The van der Waals surface area contributed by atoms with Crippen molar-refractivity contribution in [2.75, 3.05) is 24.1 Å². The van der Waals surface area contributed by atoms with Gasteiger partial charge in [0.2, 0.25) is 20.0 Å². The minimum atomic E-state index is -3.76. The van der Waals surface area contributed by atoms with Gasteiger partial charge in [-0.15, -0.1) is 0 Å². The van der Waals surface area contributed by atoms with E-state index in [9.17, 15) is 16.8 Å². The number of rotatable bonds is 6. The van der Waals surface area contributed by atoms with Crippen LogP contribution in [0.15, 0.2) is 29.2 Å². The van der Waals surface area contributed by atoms with Crippen LogP contribution in [0.3, 0.4) is 0 Å². The van der Waals surface area contributed by atoms with Crippen molar-refractivity contribution in [2.45, 2.75) is 4.90 Å². The molecular weight excluding hydrogens is 278 g/mol. The number of nitrogens with one attached hydrogen (secondary N) is 2. The van der Waals surface area contributed by atoms with Crippen molar-refractivity contribution in [3.05, 3.63) is 24.3 Å². The molecule has 0 amide bonds. The van der Waals surface area contributed by atoms with E-state index in [1.165, 1.54) is 24.3 Å². The Kier molecular flexibility index (Phi) is 4.68. The van der Waals surface area contributed by atoms with E-state index >= 15 is 0 Å². The summed E-state index contributed by atoms with van der Waals surface area (Å²) in [6.45, 7) is 0.324. The molecule has 0 bridgehead atoms. The molecule has 0 aromatic heterocycles. The minimum absolute atomic E-state index is 0.0688. The first-order valence-electron chi connectivity index (χ1n) is 5.02. The molecule has 0 unspecified atom stereocenters. The smallest absolute Gasteiger partial charge is 0.238 e. The second-order valence-corrected chi connectivity index (χ2v) is 7.00. The maximum absolute atomic E-state index is 11.5. The van der Waals surface area contributed by atoms with E-state index in [-0.39, 0.29) is 10.6 Å². The quantitative estimate of drug-likeness (QED) is 0.640. The molecular formula is C9H15N3O4S2. The third-order valence-corrected chi connectivity index (χ3v) is 4.29. The Morgan fingerprint density at radius 3 is 2.11 bits per heavy atom. The minimum Gasteiger partial charge on any atom is -0.319 e. The molecule has 1 aromatic carbocycles. The number of hydrogen-bond acceptors (Lipinski definition) is 5. The van der Waals surface area contributed by atoms with Gasteiger partial charge in [-0.1, -0.05) is 0 Å². The summed E-state index contributed by atoms with van der Waals surface area (Å²) >= 11 is 0. The summed E-state index contributed by atoms with van der Waals surface area (Å²) in [4.78, 5) is -0.0688. The average molecular weight is 293 g/mol. The average Bonchev–Trinajstić information content (AvgIpc) is 2.25. The Labute approximate surface area is 106 Å². The van der Waals surface area contributed by atoms with E-state index in [0.29, 0.717) is 12.2 Å². The first kappa shape index (κ1) is 14.9. The van der Waals surface area contributed by atoms with E-state index in [1.807, 2.05) is 0 Å². The molecule has 1 rings (SSSR count). The molecule has 0 spiro atoms. The molecule has 0 aliphatic heterocycles. The van der Waals surface area contributed by atoms with E-state index in [0.717, 1.165) is 0 Å². The predicted molar refractivity (Wildman–Crippen MR) is 69.2 cm³/mol. The number of hydrogen-bond donors (Lipinski definition) is 3. The van der Waals surface area contributed by atoms with Crippen LogP contribution in [0.4, 0.5) is 5.69 Å². The lowest BCUT2D eigenvalue weighted by Gasteiger charge is -2.08. The number of nitrogens with two attached hydrogens (primary N) is 1. The van der Waals surface area contributed by atoms with Crippen LogP contribution < -0.4 is 15.2 Å². The molecule has 7 nitrogen and oxygen atoms in total. The third-order valence-electron chi connectivity index (χ3n) is 2.08. The van der Waals surface area contributed by atoms with Crippen molar-refractivity contribution in [3.63, 3.8) is 0 Å². The van der Waals surface area contributed by atoms with Crippen LogP contribution in [-0.4, -0.2) is 36.2 Å². The second kappa shape index (κ2) is 5.65. The molecule has 0 saturated heterocycles. The highest BCUT2D eigenvalue weighted by molar-refractivity contribution is 7.92. The first-order valence-corrected chi connectivity index (χ1v) is 8.22. The number of anilines is 1. The SMILES string of the molecule is CNCCS(=O)(=O)Nc1ccc(S(N)(=O)=O)cc1. The molecule has 0 fully saturated rings.